The van der Waals surface area contributed by atoms with Gasteiger partial charge in [0.05, 0.1) is 0 Å². The molecule has 0 spiro atoms. The molecule has 0 heterocycles. The zero-order chi connectivity index (χ0) is 13.1. The lowest BCUT2D eigenvalue weighted by Crippen LogP contribution is -2.26. The molecule has 1 fully saturated rings. The summed E-state index contributed by atoms with van der Waals surface area (Å²) in [5, 5.41) is 0.585. The summed E-state index contributed by atoms with van der Waals surface area (Å²) in [5.74, 6) is 1.02. The van der Waals surface area contributed by atoms with Crippen LogP contribution in [0.3, 0.4) is 0 Å². The van der Waals surface area contributed by atoms with Crippen molar-refractivity contribution in [2.24, 2.45) is 17.6 Å². The summed E-state index contributed by atoms with van der Waals surface area (Å²) in [7, 11) is 0. The molecule has 1 nitrogen and oxygen atoms in total. The van der Waals surface area contributed by atoms with Crippen molar-refractivity contribution >= 4 is 11.6 Å². The number of hydrogen-bond donors (Lipinski definition) is 1. The number of nitrogens with two attached hydrogens (primary N) is 1. The molecular formula is C15H21ClFN. The van der Waals surface area contributed by atoms with E-state index in [-0.39, 0.29) is 11.9 Å². The van der Waals surface area contributed by atoms with Gasteiger partial charge >= 0.3 is 0 Å². The van der Waals surface area contributed by atoms with Gasteiger partial charge in [-0.25, -0.2) is 4.39 Å². The fourth-order valence-electron chi connectivity index (χ4n) is 2.98. The van der Waals surface area contributed by atoms with E-state index in [0.29, 0.717) is 10.9 Å². The van der Waals surface area contributed by atoms with Crippen LogP contribution in [0.15, 0.2) is 18.2 Å². The number of hydrogen-bond acceptors (Lipinski definition) is 1. The van der Waals surface area contributed by atoms with Crippen molar-refractivity contribution in [2.75, 3.05) is 0 Å². The van der Waals surface area contributed by atoms with Gasteiger partial charge in [0.25, 0.3) is 0 Å². The summed E-state index contributed by atoms with van der Waals surface area (Å²) < 4.78 is 13.3. The maximum atomic E-state index is 13.3. The minimum absolute atomic E-state index is 0.133. The van der Waals surface area contributed by atoms with Crippen LogP contribution in [0.1, 0.15) is 50.6 Å². The number of benzene rings is 1. The van der Waals surface area contributed by atoms with Gasteiger partial charge in [0, 0.05) is 11.1 Å². The highest BCUT2D eigenvalue weighted by atomic mass is 35.5. The molecule has 0 aliphatic heterocycles. The normalized spacial score (nSPS) is 26.0. The summed E-state index contributed by atoms with van der Waals surface area (Å²) in [6.45, 7) is 2.24. The van der Waals surface area contributed by atoms with Gasteiger partial charge in [-0.15, -0.1) is 0 Å². The first-order chi connectivity index (χ1) is 8.61. The first kappa shape index (κ1) is 13.8. The van der Waals surface area contributed by atoms with Crippen LogP contribution in [-0.4, -0.2) is 0 Å². The molecule has 0 aromatic heterocycles. The summed E-state index contributed by atoms with van der Waals surface area (Å²) >= 11 is 6.12. The SMILES string of the molecule is CCC1CCC(C(N)c2cc(F)ccc2Cl)CC1. The van der Waals surface area contributed by atoms with E-state index in [0.717, 1.165) is 24.3 Å². The molecule has 1 unspecified atom stereocenters. The molecule has 1 aromatic rings. The van der Waals surface area contributed by atoms with E-state index in [1.165, 1.54) is 31.4 Å². The Kier molecular flexibility index (Phi) is 4.63. The van der Waals surface area contributed by atoms with E-state index in [1.807, 2.05) is 0 Å². The van der Waals surface area contributed by atoms with Gasteiger partial charge in [0.15, 0.2) is 0 Å². The summed E-state index contributed by atoms with van der Waals surface area (Å²) in [6.07, 6.45) is 5.99. The minimum atomic E-state index is -0.257. The Hall–Kier alpha value is -0.600. The second-order valence-corrected chi connectivity index (χ2v) is 5.79. The Morgan fingerprint density at radius 2 is 2.00 bits per heavy atom. The van der Waals surface area contributed by atoms with Crippen LogP contribution in [0, 0.1) is 17.7 Å². The molecule has 0 amide bonds. The van der Waals surface area contributed by atoms with Gasteiger partial charge in [0.1, 0.15) is 5.82 Å². The lowest BCUT2D eigenvalue weighted by molar-refractivity contribution is 0.240. The topological polar surface area (TPSA) is 26.0 Å². The van der Waals surface area contributed by atoms with E-state index < -0.39 is 0 Å². The Balaban J connectivity index is 2.07. The monoisotopic (exact) mass is 269 g/mol. The predicted molar refractivity (Wildman–Crippen MR) is 74.1 cm³/mol. The summed E-state index contributed by atoms with van der Waals surface area (Å²) in [5.41, 5.74) is 7.04. The molecule has 0 saturated heterocycles. The lowest BCUT2D eigenvalue weighted by Gasteiger charge is -2.32. The molecule has 18 heavy (non-hydrogen) atoms. The Morgan fingerprint density at radius 1 is 1.33 bits per heavy atom. The molecule has 2 N–H and O–H groups in total. The number of rotatable bonds is 3. The second-order valence-electron chi connectivity index (χ2n) is 5.38. The van der Waals surface area contributed by atoms with Crippen LogP contribution in [0.5, 0.6) is 0 Å². The predicted octanol–water partition coefficient (Wildman–Crippen LogP) is 4.70. The average Bonchev–Trinajstić information content (AvgIpc) is 2.41. The standard InChI is InChI=1S/C15H21ClFN/c1-2-10-3-5-11(6-4-10)15(18)13-9-12(17)7-8-14(13)16/h7-11,15H,2-6,18H2,1H3. The zero-order valence-electron chi connectivity index (χ0n) is 10.8. The van der Waals surface area contributed by atoms with E-state index in [1.54, 1.807) is 6.07 Å². The second kappa shape index (κ2) is 6.03. The highest BCUT2D eigenvalue weighted by Crippen LogP contribution is 2.38. The Bertz CT molecular complexity index is 399. The van der Waals surface area contributed by atoms with Gasteiger partial charge in [-0.3, -0.25) is 0 Å². The maximum Gasteiger partial charge on any atom is 0.123 e. The summed E-state index contributed by atoms with van der Waals surface area (Å²) in [4.78, 5) is 0. The molecular weight excluding hydrogens is 249 g/mol. The van der Waals surface area contributed by atoms with Crippen molar-refractivity contribution in [3.8, 4) is 0 Å². The Morgan fingerprint density at radius 3 is 2.61 bits per heavy atom. The molecule has 1 aromatic carbocycles. The molecule has 2 rings (SSSR count). The molecule has 3 heteroatoms. The van der Waals surface area contributed by atoms with Gasteiger partial charge in [0.2, 0.25) is 0 Å². The van der Waals surface area contributed by atoms with E-state index >= 15 is 0 Å². The maximum absolute atomic E-state index is 13.3. The molecule has 1 aliphatic carbocycles. The molecule has 100 valence electrons. The highest BCUT2D eigenvalue weighted by molar-refractivity contribution is 6.31. The van der Waals surface area contributed by atoms with Crippen LogP contribution in [0.4, 0.5) is 4.39 Å². The van der Waals surface area contributed by atoms with Crippen molar-refractivity contribution in [1.29, 1.82) is 0 Å². The molecule has 0 bridgehead atoms. The van der Waals surface area contributed by atoms with Crippen LogP contribution in [0.25, 0.3) is 0 Å². The third kappa shape index (κ3) is 3.04. The minimum Gasteiger partial charge on any atom is -0.324 e. The van der Waals surface area contributed by atoms with Gasteiger partial charge in [-0.1, -0.05) is 37.8 Å². The smallest absolute Gasteiger partial charge is 0.123 e. The van der Waals surface area contributed by atoms with Gasteiger partial charge < -0.3 is 5.73 Å². The zero-order valence-corrected chi connectivity index (χ0v) is 11.6. The highest BCUT2D eigenvalue weighted by Gasteiger charge is 2.26. The van der Waals surface area contributed by atoms with E-state index in [2.05, 4.69) is 6.92 Å². The van der Waals surface area contributed by atoms with Gasteiger partial charge in [-0.05, 0) is 48.4 Å². The molecule has 1 saturated carbocycles. The third-order valence-corrected chi connectivity index (χ3v) is 4.64. The van der Waals surface area contributed by atoms with Crippen molar-refractivity contribution in [3.63, 3.8) is 0 Å². The summed E-state index contributed by atoms with van der Waals surface area (Å²) in [6, 6.07) is 4.33. The first-order valence-electron chi connectivity index (χ1n) is 6.82. The van der Waals surface area contributed by atoms with Crippen molar-refractivity contribution in [3.05, 3.63) is 34.6 Å². The first-order valence-corrected chi connectivity index (χ1v) is 7.20. The average molecular weight is 270 g/mol. The fourth-order valence-corrected chi connectivity index (χ4v) is 3.22. The van der Waals surface area contributed by atoms with Crippen molar-refractivity contribution < 1.29 is 4.39 Å². The van der Waals surface area contributed by atoms with Crippen molar-refractivity contribution in [1.82, 2.24) is 0 Å². The quantitative estimate of drug-likeness (QED) is 0.846. The van der Waals surface area contributed by atoms with Crippen LogP contribution in [-0.2, 0) is 0 Å². The van der Waals surface area contributed by atoms with Crippen LogP contribution in [0.2, 0.25) is 5.02 Å². The van der Waals surface area contributed by atoms with E-state index in [9.17, 15) is 4.39 Å². The lowest BCUT2D eigenvalue weighted by atomic mass is 9.76. The molecule has 0 radical (unpaired) electrons. The van der Waals surface area contributed by atoms with Crippen LogP contribution < -0.4 is 5.73 Å². The Labute approximate surface area is 114 Å². The largest absolute Gasteiger partial charge is 0.324 e. The van der Waals surface area contributed by atoms with Crippen molar-refractivity contribution in [2.45, 2.75) is 45.1 Å². The fraction of sp³-hybridized carbons (Fsp3) is 0.600. The molecule has 1 aliphatic rings. The number of halogens is 2. The van der Waals surface area contributed by atoms with Gasteiger partial charge in [-0.2, -0.15) is 0 Å². The molecule has 1 atom stereocenters. The third-order valence-electron chi connectivity index (χ3n) is 4.29. The van der Waals surface area contributed by atoms with Crippen LogP contribution >= 0.6 is 11.6 Å². The van der Waals surface area contributed by atoms with E-state index in [4.69, 9.17) is 17.3 Å².